The Morgan fingerprint density at radius 1 is 1.25 bits per heavy atom. The smallest absolute Gasteiger partial charge is 0.185 e. The van der Waals surface area contributed by atoms with Gasteiger partial charge in [-0.15, -0.1) is 11.3 Å². The van der Waals surface area contributed by atoms with E-state index in [9.17, 15) is 0 Å². The van der Waals surface area contributed by atoms with E-state index < -0.39 is 0 Å². The maximum absolute atomic E-state index is 4.89. The lowest BCUT2D eigenvalue weighted by atomic mass is 10.0. The standard InChI is InChI=1S/C16H31N3S/c1-7-9-14-15(11-17-8-2)20-16(18-14)19(6)13(5)10-12(3)4/h12-13,17H,7-11H2,1-6H3. The number of aromatic nitrogens is 1. The summed E-state index contributed by atoms with van der Waals surface area (Å²) in [5.41, 5.74) is 1.29. The molecule has 4 heteroatoms. The Morgan fingerprint density at radius 2 is 1.95 bits per heavy atom. The van der Waals surface area contributed by atoms with Gasteiger partial charge >= 0.3 is 0 Å². The third kappa shape index (κ3) is 5.06. The highest BCUT2D eigenvalue weighted by Gasteiger charge is 2.17. The number of aryl methyl sites for hydroxylation is 1. The quantitative estimate of drug-likeness (QED) is 0.744. The lowest BCUT2D eigenvalue weighted by Gasteiger charge is -2.25. The lowest BCUT2D eigenvalue weighted by molar-refractivity contribution is 0.503. The van der Waals surface area contributed by atoms with Gasteiger partial charge in [-0.05, 0) is 32.2 Å². The van der Waals surface area contributed by atoms with Crippen LogP contribution in [-0.2, 0) is 13.0 Å². The number of anilines is 1. The Labute approximate surface area is 128 Å². The topological polar surface area (TPSA) is 28.2 Å². The molecular formula is C16H31N3S. The molecule has 1 aromatic heterocycles. The molecule has 1 N–H and O–H groups in total. The summed E-state index contributed by atoms with van der Waals surface area (Å²) in [4.78, 5) is 8.64. The van der Waals surface area contributed by atoms with Crippen molar-refractivity contribution in [1.29, 1.82) is 0 Å². The number of nitrogens with one attached hydrogen (secondary N) is 1. The minimum absolute atomic E-state index is 0.544. The van der Waals surface area contributed by atoms with E-state index in [-0.39, 0.29) is 0 Å². The fraction of sp³-hybridized carbons (Fsp3) is 0.812. The molecule has 0 amide bonds. The van der Waals surface area contributed by atoms with Gasteiger partial charge in [-0.3, -0.25) is 0 Å². The van der Waals surface area contributed by atoms with E-state index in [0.29, 0.717) is 6.04 Å². The van der Waals surface area contributed by atoms with Gasteiger partial charge in [0.1, 0.15) is 0 Å². The van der Waals surface area contributed by atoms with Crippen LogP contribution >= 0.6 is 11.3 Å². The molecule has 3 nitrogen and oxygen atoms in total. The van der Waals surface area contributed by atoms with E-state index in [1.807, 2.05) is 11.3 Å². The van der Waals surface area contributed by atoms with Crippen molar-refractivity contribution < 1.29 is 0 Å². The van der Waals surface area contributed by atoms with Gasteiger partial charge in [0.2, 0.25) is 0 Å². The molecule has 0 radical (unpaired) electrons. The second-order valence-corrected chi connectivity index (χ2v) is 7.05. The molecule has 0 bridgehead atoms. The minimum atomic E-state index is 0.544. The maximum Gasteiger partial charge on any atom is 0.185 e. The lowest BCUT2D eigenvalue weighted by Crippen LogP contribution is -2.29. The third-order valence-electron chi connectivity index (χ3n) is 3.56. The first kappa shape index (κ1) is 17.4. The van der Waals surface area contributed by atoms with Gasteiger partial charge in [0.15, 0.2) is 5.13 Å². The maximum atomic E-state index is 4.89. The predicted molar refractivity (Wildman–Crippen MR) is 90.8 cm³/mol. The molecule has 1 aromatic rings. The number of thiazole rings is 1. The van der Waals surface area contributed by atoms with Gasteiger partial charge < -0.3 is 10.2 Å². The molecule has 0 aliphatic carbocycles. The summed E-state index contributed by atoms with van der Waals surface area (Å²) >= 11 is 1.86. The zero-order valence-electron chi connectivity index (χ0n) is 14.0. The molecule has 0 saturated carbocycles. The summed E-state index contributed by atoms with van der Waals surface area (Å²) in [6.07, 6.45) is 3.46. The first-order valence-electron chi connectivity index (χ1n) is 7.91. The monoisotopic (exact) mass is 297 g/mol. The van der Waals surface area contributed by atoms with E-state index in [2.05, 4.69) is 51.9 Å². The van der Waals surface area contributed by atoms with Gasteiger partial charge in [-0.1, -0.05) is 34.1 Å². The molecule has 1 heterocycles. The highest BCUT2D eigenvalue weighted by molar-refractivity contribution is 7.15. The van der Waals surface area contributed by atoms with Crippen molar-refractivity contribution in [2.75, 3.05) is 18.5 Å². The van der Waals surface area contributed by atoms with E-state index in [1.165, 1.54) is 22.1 Å². The van der Waals surface area contributed by atoms with Crippen LogP contribution in [0, 0.1) is 5.92 Å². The summed E-state index contributed by atoms with van der Waals surface area (Å²) in [6.45, 7) is 13.2. The molecule has 1 atom stereocenters. The predicted octanol–water partition coefficient (Wildman–Crippen LogP) is 4.08. The molecule has 1 rings (SSSR count). The van der Waals surface area contributed by atoms with Crippen molar-refractivity contribution in [1.82, 2.24) is 10.3 Å². The van der Waals surface area contributed by atoms with Crippen LogP contribution in [0.2, 0.25) is 0 Å². The molecule has 0 spiro atoms. The van der Waals surface area contributed by atoms with E-state index in [4.69, 9.17) is 4.98 Å². The normalized spacial score (nSPS) is 12.9. The Kier molecular flexibility index (Phi) is 7.52. The second-order valence-electron chi connectivity index (χ2n) is 5.99. The Hall–Kier alpha value is -0.610. The second kappa shape index (κ2) is 8.63. The van der Waals surface area contributed by atoms with Crippen molar-refractivity contribution in [2.24, 2.45) is 5.92 Å². The number of rotatable bonds is 9. The van der Waals surface area contributed by atoms with Crippen molar-refractivity contribution in [3.8, 4) is 0 Å². The summed E-state index contributed by atoms with van der Waals surface area (Å²) in [5, 5.41) is 4.60. The molecule has 0 aliphatic rings. The molecule has 0 saturated heterocycles. The van der Waals surface area contributed by atoms with Crippen LogP contribution in [-0.4, -0.2) is 24.6 Å². The van der Waals surface area contributed by atoms with Crippen LogP contribution in [0.25, 0.3) is 0 Å². The van der Waals surface area contributed by atoms with Crippen molar-refractivity contribution >= 4 is 16.5 Å². The van der Waals surface area contributed by atoms with Crippen LogP contribution in [0.4, 0.5) is 5.13 Å². The van der Waals surface area contributed by atoms with E-state index in [1.54, 1.807) is 0 Å². The van der Waals surface area contributed by atoms with E-state index >= 15 is 0 Å². The molecule has 20 heavy (non-hydrogen) atoms. The summed E-state index contributed by atoms with van der Waals surface area (Å²) in [5.74, 6) is 0.726. The van der Waals surface area contributed by atoms with Gasteiger partial charge in [-0.2, -0.15) is 0 Å². The summed E-state index contributed by atoms with van der Waals surface area (Å²) in [7, 11) is 2.18. The number of nitrogens with zero attached hydrogens (tertiary/aromatic N) is 2. The Balaban J connectivity index is 2.83. The highest BCUT2D eigenvalue weighted by atomic mass is 32.1. The van der Waals surface area contributed by atoms with Crippen LogP contribution in [0.5, 0.6) is 0 Å². The van der Waals surface area contributed by atoms with Crippen molar-refractivity contribution in [2.45, 2.75) is 66.5 Å². The number of hydrogen-bond acceptors (Lipinski definition) is 4. The average Bonchev–Trinajstić information content (AvgIpc) is 2.78. The van der Waals surface area contributed by atoms with Gasteiger partial charge in [0.25, 0.3) is 0 Å². The molecular weight excluding hydrogens is 266 g/mol. The SMILES string of the molecule is CCCc1nc(N(C)C(C)CC(C)C)sc1CNCC. The molecule has 0 aromatic carbocycles. The molecule has 0 fully saturated rings. The fourth-order valence-electron chi connectivity index (χ4n) is 2.36. The highest BCUT2D eigenvalue weighted by Crippen LogP contribution is 2.29. The Bertz CT molecular complexity index is 387. The largest absolute Gasteiger partial charge is 0.348 e. The first-order valence-corrected chi connectivity index (χ1v) is 8.73. The average molecular weight is 298 g/mol. The molecule has 116 valence electrons. The van der Waals surface area contributed by atoms with Crippen LogP contribution in [0.15, 0.2) is 0 Å². The first-order chi connectivity index (χ1) is 9.49. The van der Waals surface area contributed by atoms with E-state index in [0.717, 1.165) is 31.8 Å². The molecule has 1 unspecified atom stereocenters. The Morgan fingerprint density at radius 3 is 2.50 bits per heavy atom. The van der Waals surface area contributed by atoms with Crippen molar-refractivity contribution in [3.63, 3.8) is 0 Å². The summed E-state index contributed by atoms with van der Waals surface area (Å²) in [6, 6.07) is 0.544. The zero-order valence-corrected chi connectivity index (χ0v) is 14.8. The van der Waals surface area contributed by atoms with Crippen LogP contribution in [0.1, 0.15) is 58.0 Å². The number of hydrogen-bond donors (Lipinski definition) is 1. The van der Waals surface area contributed by atoms with Gasteiger partial charge in [0.05, 0.1) is 5.69 Å². The zero-order chi connectivity index (χ0) is 15.1. The van der Waals surface area contributed by atoms with Gasteiger partial charge in [-0.25, -0.2) is 4.98 Å². The van der Waals surface area contributed by atoms with Gasteiger partial charge in [0, 0.05) is 24.5 Å². The summed E-state index contributed by atoms with van der Waals surface area (Å²) < 4.78 is 0. The van der Waals surface area contributed by atoms with Crippen molar-refractivity contribution in [3.05, 3.63) is 10.6 Å². The van der Waals surface area contributed by atoms with Crippen LogP contribution in [0.3, 0.4) is 0 Å². The van der Waals surface area contributed by atoms with Crippen LogP contribution < -0.4 is 10.2 Å². The third-order valence-corrected chi connectivity index (χ3v) is 4.75. The fourth-order valence-corrected chi connectivity index (χ4v) is 3.50. The molecule has 0 aliphatic heterocycles. The minimum Gasteiger partial charge on any atom is -0.348 e.